The van der Waals surface area contributed by atoms with Gasteiger partial charge in [-0.2, -0.15) is 0 Å². The maximum atomic E-state index is 12.0. The SMILES string of the molecule is CN(C(N)=NCCN1CCN(C(=O)OC(C)(C)C)CC1)C1CC1. The first-order valence-corrected chi connectivity index (χ1v) is 8.49. The third-order valence-electron chi connectivity index (χ3n) is 4.17. The van der Waals surface area contributed by atoms with Gasteiger partial charge in [0, 0.05) is 45.8 Å². The summed E-state index contributed by atoms with van der Waals surface area (Å²) in [6, 6.07) is 0.594. The predicted octanol–water partition coefficient (Wildman–Crippen LogP) is 0.948. The number of nitrogens with two attached hydrogens (primary N) is 1. The number of hydrogen-bond acceptors (Lipinski definition) is 4. The van der Waals surface area contributed by atoms with Crippen molar-refractivity contribution in [3.8, 4) is 0 Å². The Morgan fingerprint density at radius 2 is 1.87 bits per heavy atom. The molecule has 7 nitrogen and oxygen atoms in total. The van der Waals surface area contributed by atoms with Crippen molar-refractivity contribution in [1.82, 2.24) is 14.7 Å². The molecule has 1 saturated carbocycles. The summed E-state index contributed by atoms with van der Waals surface area (Å²) in [5.74, 6) is 0.639. The van der Waals surface area contributed by atoms with Crippen LogP contribution in [0.15, 0.2) is 4.99 Å². The number of nitrogens with zero attached hydrogens (tertiary/aromatic N) is 4. The van der Waals surface area contributed by atoms with Crippen LogP contribution in [-0.4, -0.2) is 84.7 Å². The summed E-state index contributed by atoms with van der Waals surface area (Å²) in [5, 5.41) is 0. The van der Waals surface area contributed by atoms with E-state index in [-0.39, 0.29) is 6.09 Å². The van der Waals surface area contributed by atoms with Crippen molar-refractivity contribution in [3.63, 3.8) is 0 Å². The van der Waals surface area contributed by atoms with E-state index in [4.69, 9.17) is 10.5 Å². The Kier molecular flexibility index (Phi) is 5.73. The van der Waals surface area contributed by atoms with Crippen LogP contribution in [-0.2, 0) is 4.74 Å². The van der Waals surface area contributed by atoms with Crippen molar-refractivity contribution in [2.45, 2.75) is 45.3 Å². The average molecular weight is 325 g/mol. The molecule has 2 rings (SSSR count). The largest absolute Gasteiger partial charge is 0.444 e. The second-order valence-corrected chi connectivity index (χ2v) is 7.39. The molecule has 7 heteroatoms. The van der Waals surface area contributed by atoms with Gasteiger partial charge >= 0.3 is 6.09 Å². The zero-order chi connectivity index (χ0) is 17.0. The molecule has 0 atom stereocenters. The van der Waals surface area contributed by atoms with Crippen molar-refractivity contribution < 1.29 is 9.53 Å². The summed E-state index contributed by atoms with van der Waals surface area (Å²) in [4.78, 5) is 22.6. The van der Waals surface area contributed by atoms with E-state index in [2.05, 4.69) is 14.8 Å². The van der Waals surface area contributed by atoms with E-state index >= 15 is 0 Å². The molecule has 2 N–H and O–H groups in total. The van der Waals surface area contributed by atoms with Gasteiger partial charge in [0.1, 0.15) is 5.60 Å². The van der Waals surface area contributed by atoms with Crippen LogP contribution in [0.25, 0.3) is 0 Å². The second-order valence-electron chi connectivity index (χ2n) is 7.39. The van der Waals surface area contributed by atoms with Gasteiger partial charge in [-0.3, -0.25) is 9.89 Å². The molecule has 2 aliphatic rings. The van der Waals surface area contributed by atoms with Crippen LogP contribution in [0.1, 0.15) is 33.6 Å². The van der Waals surface area contributed by atoms with Gasteiger partial charge < -0.3 is 20.3 Å². The van der Waals surface area contributed by atoms with Crippen molar-refractivity contribution >= 4 is 12.1 Å². The number of aliphatic imine (C=N–C) groups is 1. The van der Waals surface area contributed by atoms with Gasteiger partial charge in [0.2, 0.25) is 0 Å². The van der Waals surface area contributed by atoms with E-state index in [9.17, 15) is 4.79 Å². The van der Waals surface area contributed by atoms with Gasteiger partial charge in [0.05, 0.1) is 6.54 Å². The lowest BCUT2D eigenvalue weighted by atomic mass is 10.2. The summed E-state index contributed by atoms with van der Waals surface area (Å²) in [6.45, 7) is 10.4. The third-order valence-corrected chi connectivity index (χ3v) is 4.17. The van der Waals surface area contributed by atoms with Crippen LogP contribution in [0, 0.1) is 0 Å². The van der Waals surface area contributed by atoms with Crippen molar-refractivity contribution in [2.75, 3.05) is 46.3 Å². The predicted molar refractivity (Wildman–Crippen MR) is 91.5 cm³/mol. The Morgan fingerprint density at radius 1 is 1.26 bits per heavy atom. The minimum atomic E-state index is -0.436. The maximum Gasteiger partial charge on any atom is 0.410 e. The number of hydrogen-bond donors (Lipinski definition) is 1. The van der Waals surface area contributed by atoms with Gasteiger partial charge in [-0.15, -0.1) is 0 Å². The van der Waals surface area contributed by atoms with Crippen LogP contribution >= 0.6 is 0 Å². The summed E-state index contributed by atoms with van der Waals surface area (Å²) in [5.41, 5.74) is 5.55. The second kappa shape index (κ2) is 7.38. The quantitative estimate of drug-likeness (QED) is 0.615. The molecule has 1 aliphatic heterocycles. The Bertz CT molecular complexity index is 434. The van der Waals surface area contributed by atoms with E-state index < -0.39 is 5.60 Å². The van der Waals surface area contributed by atoms with Gasteiger partial charge in [-0.1, -0.05) is 0 Å². The van der Waals surface area contributed by atoms with Crippen LogP contribution in [0.5, 0.6) is 0 Å². The number of ether oxygens (including phenoxy) is 1. The summed E-state index contributed by atoms with van der Waals surface area (Å²) >= 11 is 0. The number of guanidine groups is 1. The van der Waals surface area contributed by atoms with E-state index in [1.165, 1.54) is 12.8 Å². The van der Waals surface area contributed by atoms with E-state index in [0.29, 0.717) is 31.6 Å². The highest BCUT2D eigenvalue weighted by Gasteiger charge is 2.28. The summed E-state index contributed by atoms with van der Waals surface area (Å²) in [7, 11) is 2.01. The molecule has 0 aromatic carbocycles. The van der Waals surface area contributed by atoms with Crippen molar-refractivity contribution in [3.05, 3.63) is 0 Å². The summed E-state index contributed by atoms with van der Waals surface area (Å²) in [6.07, 6.45) is 2.23. The number of amides is 1. The highest BCUT2D eigenvalue weighted by Crippen LogP contribution is 2.24. The lowest BCUT2D eigenvalue weighted by Gasteiger charge is -2.35. The smallest absolute Gasteiger partial charge is 0.410 e. The minimum Gasteiger partial charge on any atom is -0.444 e. The number of carbonyl (C=O) groups is 1. The molecular formula is C16H31N5O2. The zero-order valence-corrected chi connectivity index (χ0v) is 14.9. The Morgan fingerprint density at radius 3 is 2.39 bits per heavy atom. The molecule has 0 aromatic heterocycles. The summed E-state index contributed by atoms with van der Waals surface area (Å²) < 4.78 is 5.40. The highest BCUT2D eigenvalue weighted by molar-refractivity contribution is 5.78. The first-order chi connectivity index (χ1) is 10.8. The third kappa shape index (κ3) is 5.89. The molecule has 1 aliphatic carbocycles. The molecule has 132 valence electrons. The molecule has 1 amide bonds. The molecule has 2 fully saturated rings. The fourth-order valence-corrected chi connectivity index (χ4v) is 2.55. The lowest BCUT2D eigenvalue weighted by molar-refractivity contribution is 0.0148. The molecule has 1 heterocycles. The number of rotatable bonds is 4. The van der Waals surface area contributed by atoms with Crippen molar-refractivity contribution in [1.29, 1.82) is 0 Å². The van der Waals surface area contributed by atoms with Gasteiger partial charge in [0.15, 0.2) is 5.96 Å². The molecule has 0 spiro atoms. The molecule has 0 unspecified atom stereocenters. The maximum absolute atomic E-state index is 12.0. The van der Waals surface area contributed by atoms with Crippen LogP contribution in [0.3, 0.4) is 0 Å². The monoisotopic (exact) mass is 325 g/mol. The number of piperazine rings is 1. The first kappa shape index (κ1) is 17.8. The minimum absolute atomic E-state index is 0.217. The molecule has 23 heavy (non-hydrogen) atoms. The Hall–Kier alpha value is -1.50. The van der Waals surface area contributed by atoms with Crippen LogP contribution < -0.4 is 5.73 Å². The van der Waals surface area contributed by atoms with Crippen LogP contribution in [0.2, 0.25) is 0 Å². The Labute approximate surface area is 139 Å². The average Bonchev–Trinajstić information content (AvgIpc) is 3.29. The number of carbonyl (C=O) groups excluding carboxylic acids is 1. The molecule has 1 saturated heterocycles. The van der Waals surface area contributed by atoms with Crippen molar-refractivity contribution in [2.24, 2.45) is 10.7 Å². The highest BCUT2D eigenvalue weighted by atomic mass is 16.6. The van der Waals surface area contributed by atoms with Gasteiger partial charge in [-0.25, -0.2) is 4.79 Å². The molecule has 0 aromatic rings. The fourth-order valence-electron chi connectivity index (χ4n) is 2.55. The van der Waals surface area contributed by atoms with E-state index in [0.717, 1.165) is 19.6 Å². The first-order valence-electron chi connectivity index (χ1n) is 8.49. The molecular weight excluding hydrogens is 294 g/mol. The lowest BCUT2D eigenvalue weighted by Crippen LogP contribution is -2.50. The Balaban J connectivity index is 1.66. The topological polar surface area (TPSA) is 74.4 Å². The van der Waals surface area contributed by atoms with Gasteiger partial charge in [-0.05, 0) is 33.6 Å². The normalized spacial score (nSPS) is 20.5. The van der Waals surface area contributed by atoms with E-state index in [1.807, 2.05) is 27.8 Å². The molecule has 0 bridgehead atoms. The molecule has 0 radical (unpaired) electrons. The van der Waals surface area contributed by atoms with Gasteiger partial charge in [0.25, 0.3) is 0 Å². The zero-order valence-electron chi connectivity index (χ0n) is 14.9. The fraction of sp³-hybridized carbons (Fsp3) is 0.875. The van der Waals surface area contributed by atoms with E-state index in [1.54, 1.807) is 4.90 Å². The van der Waals surface area contributed by atoms with Crippen LogP contribution in [0.4, 0.5) is 4.79 Å². The standard InChI is InChI=1S/C16H31N5O2/c1-16(2,3)23-15(22)21-11-9-20(10-12-21)8-7-18-14(17)19(4)13-5-6-13/h13H,5-12H2,1-4H3,(H2,17,18).